The molecule has 18 heavy (non-hydrogen) atoms. The zero-order valence-electron chi connectivity index (χ0n) is 11.2. The summed E-state index contributed by atoms with van der Waals surface area (Å²) in [5, 5.41) is 0. The highest BCUT2D eigenvalue weighted by Gasteiger charge is 2.18. The van der Waals surface area contributed by atoms with Crippen molar-refractivity contribution in [3.05, 3.63) is 35.6 Å². The quantitative estimate of drug-likeness (QED) is 0.896. The lowest BCUT2D eigenvalue weighted by molar-refractivity contribution is -0.0260. The molecule has 0 saturated carbocycles. The van der Waals surface area contributed by atoms with Crippen LogP contribution in [0.1, 0.15) is 19.4 Å². The van der Waals surface area contributed by atoms with Gasteiger partial charge in [-0.1, -0.05) is 26.0 Å². The van der Waals surface area contributed by atoms with Gasteiger partial charge < -0.3 is 10.5 Å². The van der Waals surface area contributed by atoms with Crippen LogP contribution in [0.4, 0.5) is 4.39 Å². The van der Waals surface area contributed by atoms with Gasteiger partial charge >= 0.3 is 0 Å². The second-order valence-electron chi connectivity index (χ2n) is 4.09. The molecule has 1 saturated heterocycles. The number of rotatable bonds is 3. The van der Waals surface area contributed by atoms with Crippen LogP contribution in [0.5, 0.6) is 0 Å². The van der Waals surface area contributed by atoms with Crippen molar-refractivity contribution in [1.29, 1.82) is 0 Å². The van der Waals surface area contributed by atoms with E-state index in [1.54, 1.807) is 0 Å². The van der Waals surface area contributed by atoms with E-state index in [1.807, 2.05) is 26.0 Å². The van der Waals surface area contributed by atoms with Crippen molar-refractivity contribution in [2.45, 2.75) is 26.5 Å². The summed E-state index contributed by atoms with van der Waals surface area (Å²) in [4.78, 5) is 2.29. The number of hydrogen-bond donors (Lipinski definition) is 1. The molecule has 0 aliphatic carbocycles. The Morgan fingerprint density at radius 1 is 1.33 bits per heavy atom. The topological polar surface area (TPSA) is 38.5 Å². The van der Waals surface area contributed by atoms with Crippen LogP contribution >= 0.6 is 0 Å². The summed E-state index contributed by atoms with van der Waals surface area (Å²) >= 11 is 0. The Kier molecular flexibility index (Phi) is 6.86. The summed E-state index contributed by atoms with van der Waals surface area (Å²) in [7, 11) is 0. The molecule has 1 aromatic carbocycles. The molecule has 0 radical (unpaired) electrons. The fourth-order valence-electron chi connectivity index (χ4n) is 1.91. The molecule has 4 heteroatoms. The number of hydrogen-bond acceptors (Lipinski definition) is 3. The minimum absolute atomic E-state index is 0.134. The third kappa shape index (κ3) is 4.72. The van der Waals surface area contributed by atoms with Gasteiger partial charge in [0.1, 0.15) is 5.82 Å². The molecule has 3 nitrogen and oxygen atoms in total. The van der Waals surface area contributed by atoms with Gasteiger partial charge in [0, 0.05) is 26.2 Å². The van der Waals surface area contributed by atoms with Crippen LogP contribution in [0.15, 0.2) is 24.3 Å². The van der Waals surface area contributed by atoms with E-state index >= 15 is 0 Å². The molecule has 1 heterocycles. The third-order valence-electron chi connectivity index (χ3n) is 2.81. The summed E-state index contributed by atoms with van der Waals surface area (Å²) in [6.07, 6.45) is 0.134. The molecular weight excluding hydrogens is 231 g/mol. The average molecular weight is 254 g/mol. The lowest BCUT2D eigenvalue weighted by Gasteiger charge is -2.32. The first-order valence-corrected chi connectivity index (χ1v) is 6.56. The van der Waals surface area contributed by atoms with Gasteiger partial charge in [0.15, 0.2) is 0 Å². The monoisotopic (exact) mass is 254 g/mol. The Morgan fingerprint density at radius 2 is 2.00 bits per heavy atom. The molecule has 102 valence electrons. The normalized spacial score (nSPS) is 20.1. The molecular formula is C14H23FN2O. The smallest absolute Gasteiger partial charge is 0.123 e. The van der Waals surface area contributed by atoms with Gasteiger partial charge in [0.2, 0.25) is 0 Å². The van der Waals surface area contributed by atoms with Crippen molar-refractivity contribution in [3.8, 4) is 0 Å². The van der Waals surface area contributed by atoms with Gasteiger partial charge in [0.25, 0.3) is 0 Å². The Balaban J connectivity index is 0.000000771. The lowest BCUT2D eigenvalue weighted by atomic mass is 10.2. The SMILES string of the molecule is CC.NCC1CN(Cc2ccc(F)cc2)CCO1. The van der Waals surface area contributed by atoms with E-state index in [4.69, 9.17) is 10.5 Å². The van der Waals surface area contributed by atoms with Crippen LogP contribution < -0.4 is 5.73 Å². The fourth-order valence-corrected chi connectivity index (χ4v) is 1.91. The molecule has 1 fully saturated rings. The van der Waals surface area contributed by atoms with Crippen LogP contribution in [-0.4, -0.2) is 37.2 Å². The minimum atomic E-state index is -0.189. The van der Waals surface area contributed by atoms with E-state index in [2.05, 4.69) is 4.90 Å². The van der Waals surface area contributed by atoms with Crippen molar-refractivity contribution in [1.82, 2.24) is 4.90 Å². The predicted octanol–water partition coefficient (Wildman–Crippen LogP) is 2.01. The largest absolute Gasteiger partial charge is 0.374 e. The number of nitrogens with two attached hydrogens (primary N) is 1. The molecule has 1 unspecified atom stereocenters. The number of nitrogens with zero attached hydrogens (tertiary/aromatic N) is 1. The molecule has 1 aliphatic rings. The van der Waals surface area contributed by atoms with E-state index in [1.165, 1.54) is 12.1 Å². The van der Waals surface area contributed by atoms with Gasteiger partial charge in [0.05, 0.1) is 12.7 Å². The molecule has 1 atom stereocenters. The second kappa shape index (κ2) is 8.19. The standard InChI is InChI=1S/C12H17FN2O.C2H6/c13-11-3-1-10(2-4-11)8-15-5-6-16-12(7-14)9-15;1-2/h1-4,12H,5-9,14H2;1-2H3. The van der Waals surface area contributed by atoms with Crippen molar-refractivity contribution >= 4 is 0 Å². The van der Waals surface area contributed by atoms with Crippen LogP contribution in [0.25, 0.3) is 0 Å². The summed E-state index contributed by atoms with van der Waals surface area (Å²) in [6, 6.07) is 6.64. The molecule has 1 aromatic rings. The van der Waals surface area contributed by atoms with E-state index in [0.29, 0.717) is 6.54 Å². The molecule has 0 spiro atoms. The highest BCUT2D eigenvalue weighted by atomic mass is 19.1. The Bertz CT molecular complexity index is 329. The summed E-state index contributed by atoms with van der Waals surface area (Å²) in [6.45, 7) is 7.88. The molecule has 0 aromatic heterocycles. The van der Waals surface area contributed by atoms with Crippen molar-refractivity contribution in [2.24, 2.45) is 5.73 Å². The van der Waals surface area contributed by atoms with Gasteiger partial charge in [-0.15, -0.1) is 0 Å². The van der Waals surface area contributed by atoms with Gasteiger partial charge in [-0.2, -0.15) is 0 Å². The zero-order chi connectivity index (χ0) is 13.4. The Morgan fingerprint density at radius 3 is 2.61 bits per heavy atom. The van der Waals surface area contributed by atoms with E-state index < -0.39 is 0 Å². The first-order valence-electron chi connectivity index (χ1n) is 6.56. The first kappa shape index (κ1) is 15.1. The molecule has 2 rings (SSSR count). The van der Waals surface area contributed by atoms with E-state index in [9.17, 15) is 4.39 Å². The highest BCUT2D eigenvalue weighted by molar-refractivity contribution is 5.15. The second-order valence-corrected chi connectivity index (χ2v) is 4.09. The summed E-state index contributed by atoms with van der Waals surface area (Å²) < 4.78 is 18.2. The van der Waals surface area contributed by atoms with Crippen molar-refractivity contribution in [2.75, 3.05) is 26.2 Å². The van der Waals surface area contributed by atoms with Crippen LogP contribution in [-0.2, 0) is 11.3 Å². The zero-order valence-corrected chi connectivity index (χ0v) is 11.2. The fraction of sp³-hybridized carbons (Fsp3) is 0.571. The maximum Gasteiger partial charge on any atom is 0.123 e. The first-order chi connectivity index (χ1) is 8.78. The Labute approximate surface area is 109 Å². The summed E-state index contributed by atoms with van der Waals surface area (Å²) in [5.74, 6) is -0.189. The van der Waals surface area contributed by atoms with Crippen LogP contribution in [0, 0.1) is 5.82 Å². The van der Waals surface area contributed by atoms with Gasteiger partial charge in [-0.05, 0) is 17.7 Å². The molecule has 1 aliphatic heterocycles. The Hall–Kier alpha value is -0.970. The number of morpholine rings is 1. The molecule has 0 amide bonds. The van der Waals surface area contributed by atoms with Crippen LogP contribution in [0.3, 0.4) is 0 Å². The van der Waals surface area contributed by atoms with Gasteiger partial charge in [-0.25, -0.2) is 4.39 Å². The van der Waals surface area contributed by atoms with Crippen molar-refractivity contribution < 1.29 is 9.13 Å². The number of halogens is 1. The molecule has 2 N–H and O–H groups in total. The predicted molar refractivity (Wildman–Crippen MR) is 71.8 cm³/mol. The number of ether oxygens (including phenoxy) is 1. The lowest BCUT2D eigenvalue weighted by Crippen LogP contribution is -2.45. The van der Waals surface area contributed by atoms with Gasteiger partial charge in [-0.3, -0.25) is 4.90 Å². The van der Waals surface area contributed by atoms with E-state index in [0.717, 1.165) is 31.8 Å². The molecule has 0 bridgehead atoms. The maximum atomic E-state index is 12.7. The van der Waals surface area contributed by atoms with Crippen molar-refractivity contribution in [3.63, 3.8) is 0 Å². The number of benzene rings is 1. The average Bonchev–Trinajstić information content (AvgIpc) is 2.44. The third-order valence-corrected chi connectivity index (χ3v) is 2.81. The van der Waals surface area contributed by atoms with Crippen LogP contribution in [0.2, 0.25) is 0 Å². The maximum absolute atomic E-state index is 12.7. The van der Waals surface area contributed by atoms with E-state index in [-0.39, 0.29) is 11.9 Å². The highest BCUT2D eigenvalue weighted by Crippen LogP contribution is 2.10. The summed E-state index contributed by atoms with van der Waals surface area (Å²) in [5.41, 5.74) is 6.70. The minimum Gasteiger partial charge on any atom is -0.374 e.